The van der Waals surface area contributed by atoms with Crippen molar-refractivity contribution >= 4 is 70.5 Å². The van der Waals surface area contributed by atoms with Crippen LogP contribution in [0.2, 0.25) is 0 Å². The fraction of sp³-hybridized carbons (Fsp3) is 0.0667. The highest BCUT2D eigenvalue weighted by molar-refractivity contribution is 7.26. The summed E-state index contributed by atoms with van der Waals surface area (Å²) in [7, 11) is 0. The number of furan rings is 1. The summed E-state index contributed by atoms with van der Waals surface area (Å²) in [5.41, 5.74) is 13.1. The monoisotopic (exact) mass is 633 g/mol. The Morgan fingerprint density at radius 2 is 1.19 bits per heavy atom. The van der Waals surface area contributed by atoms with Gasteiger partial charge in [-0.2, -0.15) is 0 Å². The molecule has 0 radical (unpaired) electrons. The molecule has 0 saturated heterocycles. The molecule has 2 nitrogen and oxygen atoms in total. The van der Waals surface area contributed by atoms with Crippen molar-refractivity contribution in [1.82, 2.24) is 0 Å². The lowest BCUT2D eigenvalue weighted by atomic mass is 9.82. The van der Waals surface area contributed by atoms with Gasteiger partial charge in [0.25, 0.3) is 0 Å². The molecule has 2 heterocycles. The zero-order chi connectivity index (χ0) is 32.0. The SMILES string of the molecule is CC1(C)c2ccccc2-c2ccc(N(c3ccccc3)c3ccc(-c4cc5c6ccccc6oc5c5c4sc4ccccc45)cc3)cc21. The van der Waals surface area contributed by atoms with E-state index in [-0.39, 0.29) is 5.41 Å². The smallest absolute Gasteiger partial charge is 0.144 e. The number of rotatable bonds is 4. The van der Waals surface area contributed by atoms with E-state index in [1.54, 1.807) is 0 Å². The van der Waals surface area contributed by atoms with Crippen LogP contribution < -0.4 is 4.90 Å². The number of para-hydroxylation sites is 2. The van der Waals surface area contributed by atoms with Gasteiger partial charge in [0.2, 0.25) is 0 Å². The number of anilines is 3. The third-order valence-corrected chi connectivity index (χ3v) is 11.5. The predicted molar refractivity (Wildman–Crippen MR) is 204 cm³/mol. The van der Waals surface area contributed by atoms with Crippen molar-refractivity contribution in [2.75, 3.05) is 4.90 Å². The molecule has 0 aliphatic heterocycles. The van der Waals surface area contributed by atoms with Gasteiger partial charge in [-0.15, -0.1) is 11.3 Å². The van der Waals surface area contributed by atoms with E-state index in [4.69, 9.17) is 4.42 Å². The molecule has 9 aromatic rings. The third-order valence-electron chi connectivity index (χ3n) is 10.3. The quantitative estimate of drug-likeness (QED) is 0.192. The molecule has 0 saturated carbocycles. The minimum absolute atomic E-state index is 0.0698. The van der Waals surface area contributed by atoms with Gasteiger partial charge in [0.1, 0.15) is 11.2 Å². The Balaban J connectivity index is 1.14. The van der Waals surface area contributed by atoms with Gasteiger partial charge in [0.05, 0.1) is 0 Å². The molecule has 0 unspecified atom stereocenters. The second kappa shape index (κ2) is 10.2. The van der Waals surface area contributed by atoms with E-state index in [0.29, 0.717) is 0 Å². The normalized spacial score (nSPS) is 13.4. The summed E-state index contributed by atoms with van der Waals surface area (Å²) in [5.74, 6) is 0. The van der Waals surface area contributed by atoms with Crippen molar-refractivity contribution in [3.05, 3.63) is 163 Å². The van der Waals surface area contributed by atoms with Gasteiger partial charge < -0.3 is 9.32 Å². The number of fused-ring (bicyclic) bond motifs is 10. The molecular weight excluding hydrogens is 603 g/mol. The van der Waals surface area contributed by atoms with E-state index in [1.807, 2.05) is 17.4 Å². The fourth-order valence-electron chi connectivity index (χ4n) is 7.92. The summed E-state index contributed by atoms with van der Waals surface area (Å²) in [6, 6.07) is 55.0. The summed E-state index contributed by atoms with van der Waals surface area (Å²) >= 11 is 1.85. The molecule has 0 amide bonds. The van der Waals surface area contributed by atoms with Crippen LogP contribution in [0.3, 0.4) is 0 Å². The molecule has 228 valence electrons. The summed E-state index contributed by atoms with van der Waals surface area (Å²) in [5, 5.41) is 4.76. The van der Waals surface area contributed by atoms with Crippen LogP contribution in [0.1, 0.15) is 25.0 Å². The van der Waals surface area contributed by atoms with Crippen LogP contribution in [0, 0.1) is 0 Å². The largest absolute Gasteiger partial charge is 0.455 e. The van der Waals surface area contributed by atoms with Crippen LogP contribution in [0.4, 0.5) is 17.1 Å². The van der Waals surface area contributed by atoms with Crippen LogP contribution in [0.5, 0.6) is 0 Å². The first kappa shape index (κ1) is 27.5. The Bertz CT molecular complexity index is 2700. The van der Waals surface area contributed by atoms with Crippen LogP contribution in [0.15, 0.2) is 156 Å². The highest BCUT2D eigenvalue weighted by Gasteiger charge is 2.35. The average Bonchev–Trinajstić information content (AvgIpc) is 3.77. The van der Waals surface area contributed by atoms with Crippen LogP contribution in [-0.2, 0) is 5.41 Å². The Labute approximate surface area is 283 Å². The van der Waals surface area contributed by atoms with Gasteiger partial charge in [-0.25, -0.2) is 0 Å². The first-order valence-electron chi connectivity index (χ1n) is 16.5. The lowest BCUT2D eigenvalue weighted by Gasteiger charge is -2.28. The zero-order valence-corrected chi connectivity index (χ0v) is 27.5. The van der Waals surface area contributed by atoms with Gasteiger partial charge in [-0.1, -0.05) is 111 Å². The summed E-state index contributed by atoms with van der Waals surface area (Å²) < 4.78 is 9.07. The number of hydrogen-bond donors (Lipinski definition) is 0. The van der Waals surface area contributed by atoms with Crippen molar-refractivity contribution in [2.45, 2.75) is 19.3 Å². The fourth-order valence-corrected chi connectivity index (χ4v) is 9.16. The molecular formula is C45H31NOS. The van der Waals surface area contributed by atoms with E-state index in [2.05, 4.69) is 164 Å². The molecule has 0 fully saturated rings. The highest BCUT2D eigenvalue weighted by Crippen LogP contribution is 2.51. The molecule has 48 heavy (non-hydrogen) atoms. The van der Waals surface area contributed by atoms with Crippen molar-refractivity contribution < 1.29 is 4.42 Å². The van der Waals surface area contributed by atoms with E-state index in [9.17, 15) is 0 Å². The predicted octanol–water partition coefficient (Wildman–Crippen LogP) is 13.4. The van der Waals surface area contributed by atoms with Gasteiger partial charge >= 0.3 is 0 Å². The lowest BCUT2D eigenvalue weighted by Crippen LogP contribution is -2.16. The second-order valence-electron chi connectivity index (χ2n) is 13.3. The van der Waals surface area contributed by atoms with E-state index in [1.165, 1.54) is 53.6 Å². The van der Waals surface area contributed by atoms with Crippen LogP contribution in [-0.4, -0.2) is 0 Å². The molecule has 0 spiro atoms. The molecule has 0 atom stereocenters. The third kappa shape index (κ3) is 3.92. The molecule has 3 heteroatoms. The Kier molecular flexibility index (Phi) is 5.82. The number of nitrogens with zero attached hydrogens (tertiary/aromatic N) is 1. The molecule has 1 aliphatic carbocycles. The first-order valence-corrected chi connectivity index (χ1v) is 17.3. The molecule has 0 N–H and O–H groups in total. The van der Waals surface area contributed by atoms with Crippen molar-refractivity contribution in [2.24, 2.45) is 0 Å². The van der Waals surface area contributed by atoms with Crippen LogP contribution in [0.25, 0.3) is 64.4 Å². The summed E-state index contributed by atoms with van der Waals surface area (Å²) in [6.45, 7) is 4.69. The van der Waals surface area contributed by atoms with E-state index < -0.39 is 0 Å². The first-order chi connectivity index (χ1) is 23.6. The second-order valence-corrected chi connectivity index (χ2v) is 14.4. The van der Waals surface area contributed by atoms with Gasteiger partial charge in [-0.05, 0) is 82.4 Å². The van der Waals surface area contributed by atoms with Gasteiger partial charge in [-0.3, -0.25) is 0 Å². The lowest BCUT2D eigenvalue weighted by molar-refractivity contribution is 0.660. The summed E-state index contributed by atoms with van der Waals surface area (Å²) in [6.07, 6.45) is 0. The topological polar surface area (TPSA) is 16.4 Å². The maximum absolute atomic E-state index is 6.54. The van der Waals surface area contributed by atoms with Gasteiger partial charge in [0.15, 0.2) is 0 Å². The maximum Gasteiger partial charge on any atom is 0.144 e. The number of benzene rings is 7. The van der Waals surface area contributed by atoms with E-state index in [0.717, 1.165) is 39.0 Å². The zero-order valence-electron chi connectivity index (χ0n) is 26.7. The average molecular weight is 634 g/mol. The Hall–Kier alpha value is -5.64. The van der Waals surface area contributed by atoms with Crippen molar-refractivity contribution in [3.8, 4) is 22.3 Å². The van der Waals surface area contributed by atoms with Crippen molar-refractivity contribution in [3.63, 3.8) is 0 Å². The standard InChI is InChI=1S/C45H31NOS/c1-45(2)38-17-9-6-14-32(38)33-25-24-31(26-39(33)45)46(29-12-4-3-5-13-29)30-22-20-28(21-23-30)36-27-37-34-15-7-10-18-40(34)47-43(37)42-35-16-8-11-19-41(35)48-44(36)42/h3-27H,1-2H3. The minimum atomic E-state index is -0.0698. The van der Waals surface area contributed by atoms with Crippen LogP contribution >= 0.6 is 11.3 Å². The molecule has 1 aliphatic rings. The Morgan fingerprint density at radius 1 is 0.521 bits per heavy atom. The number of hydrogen-bond acceptors (Lipinski definition) is 3. The van der Waals surface area contributed by atoms with Crippen molar-refractivity contribution in [1.29, 1.82) is 0 Å². The van der Waals surface area contributed by atoms with E-state index >= 15 is 0 Å². The summed E-state index contributed by atoms with van der Waals surface area (Å²) in [4.78, 5) is 2.38. The molecule has 0 bridgehead atoms. The Morgan fingerprint density at radius 3 is 2.04 bits per heavy atom. The molecule has 7 aromatic carbocycles. The maximum atomic E-state index is 6.54. The van der Waals surface area contributed by atoms with Gasteiger partial charge in [0, 0.05) is 59.0 Å². The molecule has 10 rings (SSSR count). The number of thiophene rings is 1. The highest BCUT2D eigenvalue weighted by atomic mass is 32.1. The minimum Gasteiger partial charge on any atom is -0.455 e. The molecule has 2 aromatic heterocycles.